The van der Waals surface area contributed by atoms with Gasteiger partial charge < -0.3 is 15.4 Å². The zero-order valence-corrected chi connectivity index (χ0v) is 8.30. The Kier molecular flexibility index (Phi) is 4.18. The first-order valence-corrected chi connectivity index (χ1v) is 4.79. The van der Waals surface area contributed by atoms with E-state index >= 15 is 0 Å². The second-order valence-corrected chi connectivity index (χ2v) is 3.41. The van der Waals surface area contributed by atoms with Crippen LogP contribution in [0, 0.1) is 0 Å². The Morgan fingerprint density at radius 3 is 2.85 bits per heavy atom. The van der Waals surface area contributed by atoms with Crippen LogP contribution in [0.1, 0.15) is 20.3 Å². The molecule has 4 nitrogen and oxygen atoms in total. The van der Waals surface area contributed by atoms with Crippen molar-refractivity contribution in [1.29, 1.82) is 0 Å². The summed E-state index contributed by atoms with van der Waals surface area (Å²) in [7, 11) is 0. The third-order valence-corrected chi connectivity index (χ3v) is 2.28. The fourth-order valence-corrected chi connectivity index (χ4v) is 1.50. The van der Waals surface area contributed by atoms with E-state index in [2.05, 4.69) is 17.6 Å². The first-order valence-electron chi connectivity index (χ1n) is 4.79. The average molecular weight is 186 g/mol. The summed E-state index contributed by atoms with van der Waals surface area (Å²) in [4.78, 5) is 10.5. The fraction of sp³-hybridized carbons (Fsp3) is 0.889. The van der Waals surface area contributed by atoms with E-state index in [1.165, 1.54) is 6.92 Å². The van der Waals surface area contributed by atoms with Gasteiger partial charge in [-0.15, -0.1) is 0 Å². The van der Waals surface area contributed by atoms with E-state index < -0.39 is 0 Å². The van der Waals surface area contributed by atoms with Gasteiger partial charge >= 0.3 is 0 Å². The summed E-state index contributed by atoms with van der Waals surface area (Å²) in [5.41, 5.74) is 0. The molecule has 1 fully saturated rings. The zero-order valence-electron chi connectivity index (χ0n) is 8.30. The van der Waals surface area contributed by atoms with Gasteiger partial charge in [-0.3, -0.25) is 4.79 Å². The number of ether oxygens (including phenoxy) is 1. The van der Waals surface area contributed by atoms with Gasteiger partial charge in [-0.05, 0) is 13.3 Å². The molecule has 0 radical (unpaired) electrons. The Hall–Kier alpha value is -0.610. The Morgan fingerprint density at radius 2 is 2.31 bits per heavy atom. The molecule has 1 aliphatic rings. The van der Waals surface area contributed by atoms with Crippen molar-refractivity contribution in [3.05, 3.63) is 0 Å². The Balaban J connectivity index is 2.02. The summed E-state index contributed by atoms with van der Waals surface area (Å²) in [6.45, 7) is 5.96. The highest BCUT2D eigenvalue weighted by molar-refractivity contribution is 5.72. The van der Waals surface area contributed by atoms with Gasteiger partial charge in [-0.2, -0.15) is 0 Å². The Bertz CT molecular complexity index is 173. The van der Waals surface area contributed by atoms with Crippen LogP contribution in [-0.4, -0.2) is 37.7 Å². The smallest absolute Gasteiger partial charge is 0.216 e. The van der Waals surface area contributed by atoms with Crippen LogP contribution in [0.5, 0.6) is 0 Å². The molecule has 76 valence electrons. The number of hydrogen-bond acceptors (Lipinski definition) is 3. The molecule has 0 saturated carbocycles. The molecule has 0 aromatic heterocycles. The molecule has 0 aromatic carbocycles. The molecular formula is C9H18N2O2. The largest absolute Gasteiger partial charge is 0.377 e. The van der Waals surface area contributed by atoms with E-state index in [9.17, 15) is 4.79 Å². The summed E-state index contributed by atoms with van der Waals surface area (Å²) in [5, 5.41) is 6.09. The van der Waals surface area contributed by atoms with E-state index in [4.69, 9.17) is 4.74 Å². The molecule has 1 aliphatic heterocycles. The number of hydrogen-bond donors (Lipinski definition) is 2. The molecular weight excluding hydrogens is 168 g/mol. The molecule has 0 aliphatic carbocycles. The van der Waals surface area contributed by atoms with Crippen molar-refractivity contribution in [3.8, 4) is 0 Å². The van der Waals surface area contributed by atoms with Crippen LogP contribution in [0.3, 0.4) is 0 Å². The van der Waals surface area contributed by atoms with Crippen LogP contribution < -0.4 is 10.6 Å². The number of amides is 1. The number of carbonyl (C=O) groups excluding carboxylic acids is 1. The zero-order chi connectivity index (χ0) is 9.68. The van der Waals surface area contributed by atoms with E-state index in [1.54, 1.807) is 0 Å². The van der Waals surface area contributed by atoms with Crippen molar-refractivity contribution in [2.24, 2.45) is 0 Å². The number of rotatable bonds is 4. The van der Waals surface area contributed by atoms with Crippen molar-refractivity contribution < 1.29 is 9.53 Å². The highest BCUT2D eigenvalue weighted by Crippen LogP contribution is 2.11. The Morgan fingerprint density at radius 1 is 1.54 bits per heavy atom. The minimum atomic E-state index is 0.0255. The molecule has 0 aromatic rings. The Labute approximate surface area is 79.0 Å². The van der Waals surface area contributed by atoms with Gasteiger partial charge in [-0.25, -0.2) is 0 Å². The second-order valence-electron chi connectivity index (χ2n) is 3.41. The molecule has 1 rings (SSSR count). The monoisotopic (exact) mass is 186 g/mol. The number of carbonyl (C=O) groups is 1. The van der Waals surface area contributed by atoms with Gasteiger partial charge in [0.05, 0.1) is 6.10 Å². The average Bonchev–Trinajstić information content (AvgIpc) is 2.45. The predicted molar refractivity (Wildman–Crippen MR) is 50.5 cm³/mol. The lowest BCUT2D eigenvalue weighted by Crippen LogP contribution is -2.39. The van der Waals surface area contributed by atoms with E-state index in [0.717, 1.165) is 19.6 Å². The normalized spacial score (nSPS) is 27.5. The third-order valence-electron chi connectivity index (χ3n) is 2.28. The van der Waals surface area contributed by atoms with Crippen LogP contribution in [0.4, 0.5) is 0 Å². The van der Waals surface area contributed by atoms with Gasteiger partial charge in [-0.1, -0.05) is 0 Å². The van der Waals surface area contributed by atoms with Crippen LogP contribution in [0.15, 0.2) is 0 Å². The first kappa shape index (κ1) is 10.5. The second kappa shape index (κ2) is 5.19. The molecule has 2 atom stereocenters. The molecule has 1 saturated heterocycles. The lowest BCUT2D eigenvalue weighted by molar-refractivity contribution is -0.118. The van der Waals surface area contributed by atoms with Gasteiger partial charge in [0.25, 0.3) is 0 Å². The third kappa shape index (κ3) is 3.74. The number of nitrogens with one attached hydrogen (secondary N) is 2. The van der Waals surface area contributed by atoms with Crippen molar-refractivity contribution in [1.82, 2.24) is 10.6 Å². The molecule has 1 heterocycles. The van der Waals surface area contributed by atoms with Crippen LogP contribution >= 0.6 is 0 Å². The van der Waals surface area contributed by atoms with E-state index in [0.29, 0.717) is 18.7 Å². The van der Waals surface area contributed by atoms with Gasteiger partial charge in [0.15, 0.2) is 0 Å². The van der Waals surface area contributed by atoms with Crippen molar-refractivity contribution in [2.75, 3.05) is 19.7 Å². The first-order chi connectivity index (χ1) is 6.20. The van der Waals surface area contributed by atoms with Gasteiger partial charge in [0, 0.05) is 32.7 Å². The van der Waals surface area contributed by atoms with Crippen molar-refractivity contribution >= 4 is 5.91 Å². The maximum atomic E-state index is 10.5. The van der Waals surface area contributed by atoms with Crippen molar-refractivity contribution in [2.45, 2.75) is 32.4 Å². The van der Waals surface area contributed by atoms with Crippen LogP contribution in [-0.2, 0) is 9.53 Å². The molecule has 2 unspecified atom stereocenters. The van der Waals surface area contributed by atoms with Crippen LogP contribution in [0.25, 0.3) is 0 Å². The molecule has 2 N–H and O–H groups in total. The molecule has 0 bridgehead atoms. The maximum absolute atomic E-state index is 10.5. The lowest BCUT2D eigenvalue weighted by atomic mass is 10.1. The molecule has 4 heteroatoms. The molecule has 0 spiro atoms. The van der Waals surface area contributed by atoms with Gasteiger partial charge in [0.1, 0.15) is 0 Å². The summed E-state index contributed by atoms with van der Waals surface area (Å²) < 4.78 is 5.39. The summed E-state index contributed by atoms with van der Waals surface area (Å²) in [6.07, 6.45) is 1.37. The lowest BCUT2D eigenvalue weighted by Gasteiger charge is -2.15. The van der Waals surface area contributed by atoms with Crippen LogP contribution in [0.2, 0.25) is 0 Å². The highest BCUT2D eigenvalue weighted by atomic mass is 16.5. The van der Waals surface area contributed by atoms with E-state index in [1.807, 2.05) is 0 Å². The minimum absolute atomic E-state index is 0.0255. The summed E-state index contributed by atoms with van der Waals surface area (Å²) in [5.74, 6) is 0.0255. The highest BCUT2D eigenvalue weighted by Gasteiger charge is 2.22. The molecule has 13 heavy (non-hydrogen) atoms. The summed E-state index contributed by atoms with van der Waals surface area (Å²) in [6, 6.07) is 0.453. The van der Waals surface area contributed by atoms with Crippen molar-refractivity contribution in [3.63, 3.8) is 0 Å². The SMILES string of the molecule is CC(=O)NCCNC1CCOC1C. The summed E-state index contributed by atoms with van der Waals surface area (Å²) >= 11 is 0. The maximum Gasteiger partial charge on any atom is 0.216 e. The predicted octanol–water partition coefficient (Wildman–Crippen LogP) is -0.110. The van der Waals surface area contributed by atoms with Gasteiger partial charge in [0.2, 0.25) is 5.91 Å². The topological polar surface area (TPSA) is 50.4 Å². The molecule has 1 amide bonds. The minimum Gasteiger partial charge on any atom is -0.377 e. The quantitative estimate of drug-likeness (QED) is 0.602. The van der Waals surface area contributed by atoms with E-state index in [-0.39, 0.29) is 5.91 Å². The fourth-order valence-electron chi connectivity index (χ4n) is 1.50. The standard InChI is InChI=1S/C9H18N2O2/c1-7-9(3-6-13-7)11-5-4-10-8(2)12/h7,9,11H,3-6H2,1-2H3,(H,10,12).